The Morgan fingerprint density at radius 3 is 2.34 bits per heavy atom. The molecule has 0 spiro atoms. The van der Waals surface area contributed by atoms with E-state index < -0.39 is 24.3 Å². The Morgan fingerprint density at radius 2 is 1.68 bits per heavy atom. The van der Waals surface area contributed by atoms with Gasteiger partial charge >= 0.3 is 222 Å². The molecule has 0 aromatic heterocycles. The van der Waals surface area contributed by atoms with Gasteiger partial charge < -0.3 is 0 Å². The molecule has 0 saturated carbocycles. The van der Waals surface area contributed by atoms with Gasteiger partial charge in [0, 0.05) is 6.54 Å². The van der Waals surface area contributed by atoms with E-state index in [2.05, 4.69) is 24.1 Å². The molecular weight excluding hydrogens is 619 g/mol. The summed E-state index contributed by atoms with van der Waals surface area (Å²) in [7, 11) is 0. The number of amides is 1. The number of hydrogen-bond acceptors (Lipinski definition) is 4. The van der Waals surface area contributed by atoms with Crippen LogP contribution in [0.25, 0.3) is 0 Å². The summed E-state index contributed by atoms with van der Waals surface area (Å²) in [6.07, 6.45) is -1.18. The van der Waals surface area contributed by atoms with E-state index in [9.17, 15) is 18.0 Å². The molecule has 0 aliphatic carbocycles. The number of hydrogen-bond donors (Lipinski definition) is 1. The maximum atomic E-state index is 15.1. The second kappa shape index (κ2) is 14.1. The number of nitrogens with one attached hydrogen (secondary N) is 1. The normalized spacial score (nSPS) is 17.9. The van der Waals surface area contributed by atoms with Crippen molar-refractivity contribution in [2.75, 3.05) is 56.0 Å². The molecule has 5 nitrogen and oxygen atoms in total. The average Bonchev–Trinajstić information content (AvgIpc) is 2.93. The first kappa shape index (κ1) is 32.1. The number of likely N-dealkylation sites (tertiary alicyclic amines) is 1. The summed E-state index contributed by atoms with van der Waals surface area (Å²) < 4.78 is 52.9. The molecule has 1 atom stereocenters. The van der Waals surface area contributed by atoms with Crippen LogP contribution in [0.1, 0.15) is 55.5 Å². The van der Waals surface area contributed by atoms with Crippen LogP contribution in [0.2, 0.25) is 10.2 Å². The van der Waals surface area contributed by atoms with Crippen LogP contribution < -0.4 is 10.2 Å². The van der Waals surface area contributed by atoms with E-state index >= 15 is 4.39 Å². The fourth-order valence-corrected chi connectivity index (χ4v) is 8.78. The average molecular weight is 659 g/mol. The van der Waals surface area contributed by atoms with Crippen LogP contribution in [0, 0.1) is 5.82 Å². The van der Waals surface area contributed by atoms with Gasteiger partial charge in [-0.05, 0) is 0 Å². The van der Waals surface area contributed by atoms with Crippen LogP contribution >= 0.6 is 11.6 Å². The van der Waals surface area contributed by atoms with Crippen molar-refractivity contribution in [2.45, 2.75) is 61.7 Å². The monoisotopic (exact) mass is 658 g/mol. The Balaban J connectivity index is 1.34. The summed E-state index contributed by atoms with van der Waals surface area (Å²) in [4.78, 5) is 19.5. The van der Waals surface area contributed by atoms with Crippen LogP contribution in [-0.4, -0.2) is 89.0 Å². The Bertz CT molecular complexity index is 1180. The zero-order valence-corrected chi connectivity index (χ0v) is 26.7. The van der Waals surface area contributed by atoms with Crippen LogP contribution in [0.3, 0.4) is 0 Å². The van der Waals surface area contributed by atoms with Gasteiger partial charge in [0.05, 0.1) is 6.42 Å². The number of piperidine rings is 1. The van der Waals surface area contributed by atoms with Gasteiger partial charge in [-0.15, -0.1) is 0 Å². The third kappa shape index (κ3) is 9.34. The molecule has 2 fully saturated rings. The van der Waals surface area contributed by atoms with Crippen molar-refractivity contribution in [2.24, 2.45) is 0 Å². The van der Waals surface area contributed by atoms with E-state index in [1.165, 1.54) is 25.3 Å². The first-order chi connectivity index (χ1) is 19.4. The van der Waals surface area contributed by atoms with Gasteiger partial charge in [-0.25, -0.2) is 0 Å². The minimum atomic E-state index is -4.18. The van der Waals surface area contributed by atoms with Crippen molar-refractivity contribution >= 4 is 44.6 Å². The summed E-state index contributed by atoms with van der Waals surface area (Å²) in [6, 6.07) is 9.92. The van der Waals surface area contributed by atoms with Gasteiger partial charge in [-0.1, -0.05) is 0 Å². The molecule has 2 aliphatic heterocycles. The van der Waals surface area contributed by atoms with Crippen LogP contribution in [0.4, 0.5) is 28.9 Å². The van der Waals surface area contributed by atoms with Crippen molar-refractivity contribution in [1.82, 2.24) is 9.80 Å². The molecule has 1 unspecified atom stereocenters. The Kier molecular flexibility index (Phi) is 11.1. The zero-order valence-electron chi connectivity index (χ0n) is 23.8. The van der Waals surface area contributed by atoms with Gasteiger partial charge in [0.1, 0.15) is 0 Å². The van der Waals surface area contributed by atoms with Gasteiger partial charge in [0.25, 0.3) is 0 Å². The Morgan fingerprint density at radius 1 is 0.976 bits per heavy atom. The number of halogens is 5. The van der Waals surface area contributed by atoms with Crippen molar-refractivity contribution in [3.8, 4) is 0 Å². The summed E-state index contributed by atoms with van der Waals surface area (Å²) in [6.45, 7) is 8.81. The Labute approximate surface area is 252 Å². The van der Waals surface area contributed by atoms with E-state index in [0.29, 0.717) is 42.6 Å². The van der Waals surface area contributed by atoms with Gasteiger partial charge in [0.15, 0.2) is 0 Å². The first-order valence-corrected chi connectivity index (χ1v) is 17.6. The van der Waals surface area contributed by atoms with Crippen LogP contribution in [-0.2, 0) is 5.21 Å². The van der Waals surface area contributed by atoms with Crippen molar-refractivity contribution < 1.29 is 22.4 Å². The SMILES string of the molecule is CC(C)(C[AsH]Cc1ccc(C(=O)Nc2ccc(Cl)cc2N2CCN(CCC(F)(F)F)CC2)c(F)c1)N1CCCCC1. The van der Waals surface area contributed by atoms with E-state index in [4.69, 9.17) is 11.6 Å². The third-order valence-electron chi connectivity index (χ3n) is 8.01. The molecule has 41 heavy (non-hydrogen) atoms. The van der Waals surface area contributed by atoms with Crippen LogP contribution in [0.5, 0.6) is 0 Å². The summed E-state index contributed by atoms with van der Waals surface area (Å²) in [5, 5.41) is 5.31. The molecule has 0 radical (unpaired) electrons. The number of anilines is 2. The molecule has 2 heterocycles. The number of piperazine rings is 1. The number of alkyl halides is 3. The molecule has 2 aromatic carbocycles. The molecule has 11 heteroatoms. The van der Waals surface area contributed by atoms with Gasteiger partial charge in [0.2, 0.25) is 0 Å². The van der Waals surface area contributed by atoms with Crippen molar-refractivity contribution in [3.63, 3.8) is 0 Å². The molecule has 1 N–H and O–H groups in total. The number of carbonyl (C=O) groups is 1. The minimum absolute atomic E-state index is 0.0275. The maximum absolute atomic E-state index is 15.1. The zero-order chi connectivity index (χ0) is 29.6. The van der Waals surface area contributed by atoms with Gasteiger partial charge in [-0.2, -0.15) is 13.2 Å². The van der Waals surface area contributed by atoms with Gasteiger partial charge in [-0.3, -0.25) is 4.90 Å². The summed E-state index contributed by atoms with van der Waals surface area (Å²) >= 11 is 5.93. The van der Waals surface area contributed by atoms with E-state index in [1.54, 1.807) is 29.2 Å². The molecule has 2 saturated heterocycles. The second-order valence-corrected chi connectivity index (χ2v) is 14.6. The predicted molar refractivity (Wildman–Crippen MR) is 160 cm³/mol. The number of rotatable bonds is 10. The molecule has 226 valence electrons. The second-order valence-electron chi connectivity index (χ2n) is 11.6. The van der Waals surface area contributed by atoms with Crippen molar-refractivity contribution in [1.29, 1.82) is 0 Å². The summed E-state index contributed by atoms with van der Waals surface area (Å²) in [5.74, 6) is -1.10. The molecule has 2 aliphatic rings. The standard InChI is InChI=1S/C30H40AsClF4N4O/c1-29(2,40-11-4-3-5-12-40)21-31-20-22-6-8-24(25(33)18-22)28(41)37-26-9-7-23(32)19-27(26)39-16-14-38(15-17-39)13-10-30(34,35)36/h6-9,18-19,31H,3-5,10-17,20-21H2,1-2H3,(H,37,41). The summed E-state index contributed by atoms with van der Waals surface area (Å²) in [5.41, 5.74) is 2.22. The topological polar surface area (TPSA) is 38.8 Å². The number of nitrogens with zero attached hydrogens (tertiary/aromatic N) is 3. The molecule has 2 aromatic rings. The van der Waals surface area contributed by atoms with Crippen molar-refractivity contribution in [3.05, 3.63) is 58.4 Å². The van der Waals surface area contributed by atoms with E-state index in [1.807, 2.05) is 11.0 Å². The third-order valence-corrected chi connectivity index (χ3v) is 12.0. The molecule has 4 rings (SSSR count). The number of carbonyl (C=O) groups excluding carboxylic acids is 1. The fourth-order valence-electron chi connectivity index (χ4n) is 5.54. The Hall–Kier alpha value is -1.80. The van der Waals surface area contributed by atoms with E-state index in [0.717, 1.165) is 29.1 Å². The predicted octanol–water partition coefficient (Wildman–Crippen LogP) is 6.43. The molecule has 1 amide bonds. The molecule has 0 bridgehead atoms. The number of benzene rings is 2. The first-order valence-electron chi connectivity index (χ1n) is 14.3. The fraction of sp³-hybridized carbons (Fsp3) is 0.567. The quantitative estimate of drug-likeness (QED) is 0.236. The molecular formula is C30H40AsClF4N4O. The van der Waals surface area contributed by atoms with Crippen LogP contribution in [0.15, 0.2) is 36.4 Å². The van der Waals surface area contributed by atoms with E-state index in [-0.39, 0.29) is 33.4 Å².